The number of hydrogen-bond donors (Lipinski definition) is 0. The average molecular weight is 903 g/mol. The summed E-state index contributed by atoms with van der Waals surface area (Å²) in [5.74, 6) is 0. The zero-order valence-corrected chi connectivity index (χ0v) is 40.8. The Kier molecular flexibility index (Phi) is 9.17. The monoisotopic (exact) mass is 902 g/mol. The number of fused-ring (bicyclic) bond motifs is 7. The minimum Gasteiger partial charge on any atom is -0.311 e. The lowest BCUT2D eigenvalue weighted by Gasteiger charge is -2.41. The molecule has 0 spiro atoms. The summed E-state index contributed by atoms with van der Waals surface area (Å²) < 4.78 is 0. The third-order valence-corrected chi connectivity index (χ3v) is 22.3. The smallest absolute Gasteiger partial charge is 0.117 e. The van der Waals surface area contributed by atoms with Crippen LogP contribution in [0.15, 0.2) is 231 Å². The van der Waals surface area contributed by atoms with E-state index in [1.807, 2.05) is 0 Å². The van der Waals surface area contributed by atoms with Crippen LogP contribution in [0.3, 0.4) is 0 Å². The van der Waals surface area contributed by atoms with Crippen LogP contribution in [0.2, 0.25) is 26.2 Å². The first-order valence-electron chi connectivity index (χ1n) is 23.9. The molecule has 0 N–H and O–H groups in total. The second kappa shape index (κ2) is 15.4. The van der Waals surface area contributed by atoms with Gasteiger partial charge < -0.3 is 9.80 Å². The Labute approximate surface area is 401 Å². The van der Waals surface area contributed by atoms with Gasteiger partial charge in [0.25, 0.3) is 0 Å². The number of hydrogen-bond acceptors (Lipinski definition) is 2. The van der Waals surface area contributed by atoms with Gasteiger partial charge in [0.15, 0.2) is 0 Å². The maximum Gasteiger partial charge on any atom is 0.117 e. The van der Waals surface area contributed by atoms with Gasteiger partial charge in [0.05, 0.1) is 0 Å². The molecule has 2 heterocycles. The maximum absolute atomic E-state index is 2.53. The maximum atomic E-state index is 2.53. The fraction of sp³-hybridized carbons (Fsp3) is 0.0625. The van der Waals surface area contributed by atoms with E-state index in [0.29, 0.717) is 0 Å². The lowest BCUT2D eigenvalue weighted by molar-refractivity contribution is 1.29. The van der Waals surface area contributed by atoms with Crippen molar-refractivity contribution in [2.75, 3.05) is 9.80 Å². The first kappa shape index (κ1) is 40.5. The van der Waals surface area contributed by atoms with Gasteiger partial charge in [0.2, 0.25) is 0 Å². The molecule has 13 rings (SSSR count). The first-order valence-corrected chi connectivity index (χ1v) is 29.9. The molecule has 0 aliphatic carbocycles. The predicted octanol–water partition coefficient (Wildman–Crippen LogP) is 15.4. The van der Waals surface area contributed by atoms with E-state index >= 15 is 0 Å². The van der Waals surface area contributed by atoms with Gasteiger partial charge in [0, 0.05) is 34.1 Å². The molecule has 0 saturated heterocycles. The van der Waals surface area contributed by atoms with Gasteiger partial charge in [-0.2, -0.15) is 0 Å². The third kappa shape index (κ3) is 6.07. The molecule has 0 unspecified atom stereocenters. The van der Waals surface area contributed by atoms with Gasteiger partial charge in [-0.3, -0.25) is 0 Å². The number of benzene rings is 11. The number of para-hydroxylation sites is 4. The Bertz CT molecular complexity index is 3730. The SMILES string of the molecule is C[Si]1(C)c2ccccc2N(c2ccc3c(-c4cccc(-c5cccc6ccccc56)c4)c4cc(N5c6ccccc6[Si](C)(C)c6ccccc65)ccc4c(-c4ccccc4)c3c2)c2ccccc21. The van der Waals surface area contributed by atoms with Gasteiger partial charge in [0.1, 0.15) is 16.1 Å². The molecule has 4 heteroatoms. The Morgan fingerprint density at radius 2 is 0.676 bits per heavy atom. The highest BCUT2D eigenvalue weighted by Gasteiger charge is 2.40. The molecular weight excluding hydrogens is 853 g/mol. The molecule has 2 aliphatic rings. The Morgan fingerprint density at radius 3 is 1.21 bits per heavy atom. The summed E-state index contributed by atoms with van der Waals surface area (Å²) in [5, 5.41) is 13.3. The Balaban J connectivity index is 1.13. The second-order valence-electron chi connectivity index (χ2n) is 19.7. The summed E-state index contributed by atoms with van der Waals surface area (Å²) in [6, 6.07) is 86.9. The summed E-state index contributed by atoms with van der Waals surface area (Å²) in [5.41, 5.74) is 14.8. The fourth-order valence-corrected chi connectivity index (χ4v) is 17.9. The van der Waals surface area contributed by atoms with E-state index in [1.165, 1.54) is 115 Å². The molecule has 2 aliphatic heterocycles. The van der Waals surface area contributed by atoms with Crippen molar-refractivity contribution in [3.05, 3.63) is 231 Å². The van der Waals surface area contributed by atoms with Crippen molar-refractivity contribution in [3.63, 3.8) is 0 Å². The molecule has 2 nitrogen and oxygen atoms in total. The summed E-state index contributed by atoms with van der Waals surface area (Å²) in [6.07, 6.45) is 0. The minimum atomic E-state index is -1.99. The highest BCUT2D eigenvalue weighted by Crippen LogP contribution is 2.49. The molecule has 0 amide bonds. The predicted molar refractivity (Wildman–Crippen MR) is 298 cm³/mol. The van der Waals surface area contributed by atoms with Crippen molar-refractivity contribution < 1.29 is 0 Å². The molecule has 0 saturated carbocycles. The van der Waals surface area contributed by atoms with Gasteiger partial charge in [-0.05, 0) is 141 Å². The van der Waals surface area contributed by atoms with E-state index in [-0.39, 0.29) is 0 Å². The molecular formula is C64H50N2Si2. The van der Waals surface area contributed by atoms with Gasteiger partial charge in [-0.1, -0.05) is 202 Å². The van der Waals surface area contributed by atoms with Crippen LogP contribution in [0, 0.1) is 0 Å². The molecule has 324 valence electrons. The first-order chi connectivity index (χ1) is 33.3. The van der Waals surface area contributed by atoms with Crippen LogP contribution in [0.5, 0.6) is 0 Å². The summed E-state index contributed by atoms with van der Waals surface area (Å²) in [7, 11) is -3.97. The van der Waals surface area contributed by atoms with E-state index in [4.69, 9.17) is 0 Å². The fourth-order valence-electron chi connectivity index (χ4n) is 11.9. The largest absolute Gasteiger partial charge is 0.311 e. The van der Waals surface area contributed by atoms with Crippen LogP contribution in [0.1, 0.15) is 0 Å². The van der Waals surface area contributed by atoms with Crippen molar-refractivity contribution in [2.45, 2.75) is 26.2 Å². The third-order valence-electron chi connectivity index (χ3n) is 15.2. The molecule has 0 atom stereocenters. The lowest BCUT2D eigenvalue weighted by Crippen LogP contribution is -2.58. The highest BCUT2D eigenvalue weighted by molar-refractivity contribution is 7.03. The zero-order valence-electron chi connectivity index (χ0n) is 38.8. The van der Waals surface area contributed by atoms with Gasteiger partial charge in [-0.25, -0.2) is 0 Å². The number of anilines is 6. The topological polar surface area (TPSA) is 6.48 Å². The Hall–Kier alpha value is -7.77. The van der Waals surface area contributed by atoms with Crippen molar-refractivity contribution in [1.82, 2.24) is 0 Å². The summed E-state index contributed by atoms with van der Waals surface area (Å²) >= 11 is 0. The van der Waals surface area contributed by atoms with Crippen molar-refractivity contribution in [2.24, 2.45) is 0 Å². The average Bonchev–Trinajstić information content (AvgIpc) is 3.38. The van der Waals surface area contributed by atoms with E-state index in [0.717, 1.165) is 5.69 Å². The second-order valence-corrected chi connectivity index (χ2v) is 28.3. The Morgan fingerprint density at radius 1 is 0.279 bits per heavy atom. The van der Waals surface area contributed by atoms with Crippen molar-refractivity contribution in [3.8, 4) is 33.4 Å². The van der Waals surface area contributed by atoms with E-state index < -0.39 is 16.1 Å². The molecule has 0 radical (unpaired) electrons. The molecule has 11 aromatic rings. The van der Waals surface area contributed by atoms with E-state index in [2.05, 4.69) is 267 Å². The van der Waals surface area contributed by atoms with Crippen LogP contribution in [-0.4, -0.2) is 16.1 Å². The summed E-state index contributed by atoms with van der Waals surface area (Å²) in [6.45, 7) is 10.00. The standard InChI is InChI=1S/C64H50N2Si2/c1-67(2)59-32-14-10-28-55(59)65(56-29-11-15-33-60(56)67)47-37-39-52-53(41-47)63(44-21-6-5-7-22-44)51-38-36-48(66-57-30-12-16-34-61(57)68(3,4)62-35-17-13-31-58(62)66)42-54(51)64(52)46-25-18-24-45(40-46)50-27-19-23-43-20-8-9-26-49(43)50/h5-42H,1-4H3. The highest BCUT2D eigenvalue weighted by atomic mass is 28.3. The molecule has 11 aromatic carbocycles. The van der Waals surface area contributed by atoms with E-state index in [1.54, 1.807) is 0 Å². The van der Waals surface area contributed by atoms with Crippen molar-refractivity contribution in [1.29, 1.82) is 0 Å². The molecule has 0 fully saturated rings. The number of rotatable bonds is 5. The van der Waals surface area contributed by atoms with Crippen LogP contribution in [-0.2, 0) is 0 Å². The normalized spacial score (nSPS) is 14.4. The van der Waals surface area contributed by atoms with Gasteiger partial charge in [-0.15, -0.1) is 0 Å². The van der Waals surface area contributed by atoms with Gasteiger partial charge >= 0.3 is 0 Å². The van der Waals surface area contributed by atoms with E-state index in [9.17, 15) is 0 Å². The quantitative estimate of drug-likeness (QED) is 0.125. The van der Waals surface area contributed by atoms with Crippen LogP contribution >= 0.6 is 0 Å². The number of nitrogens with zero attached hydrogens (tertiary/aromatic N) is 2. The molecule has 68 heavy (non-hydrogen) atoms. The summed E-state index contributed by atoms with van der Waals surface area (Å²) in [4.78, 5) is 5.06. The zero-order chi connectivity index (χ0) is 45.7. The van der Waals surface area contributed by atoms with Crippen molar-refractivity contribution >= 4 is 103 Å². The minimum absolute atomic E-state index is 1.16. The molecule has 0 bridgehead atoms. The van der Waals surface area contributed by atoms with Crippen LogP contribution in [0.25, 0.3) is 65.7 Å². The van der Waals surface area contributed by atoms with Crippen LogP contribution < -0.4 is 30.5 Å². The van der Waals surface area contributed by atoms with Crippen LogP contribution in [0.4, 0.5) is 34.1 Å². The lowest BCUT2D eigenvalue weighted by atomic mass is 9.84. The molecule has 0 aromatic heterocycles.